The maximum absolute atomic E-state index is 12.0. The Balaban J connectivity index is 1.89. The van der Waals surface area contributed by atoms with Crippen LogP contribution in [0, 0.1) is 6.92 Å². The molecule has 0 saturated carbocycles. The number of thiazole rings is 1. The van der Waals surface area contributed by atoms with E-state index in [-0.39, 0.29) is 12.0 Å². The summed E-state index contributed by atoms with van der Waals surface area (Å²) in [5.74, 6) is 1.22. The summed E-state index contributed by atoms with van der Waals surface area (Å²) in [5, 5.41) is 7.44. The minimum atomic E-state index is -0.321. The number of rotatable bonds is 8. The van der Waals surface area contributed by atoms with Gasteiger partial charge in [0, 0.05) is 13.6 Å². The lowest BCUT2D eigenvalue weighted by Gasteiger charge is -2.16. The normalized spacial score (nSPS) is 12.4. The number of nitrogens with zero attached hydrogens (tertiary/aromatic N) is 2. The Bertz CT molecular complexity index is 802. The summed E-state index contributed by atoms with van der Waals surface area (Å²) >= 11 is 1.35. The van der Waals surface area contributed by atoms with Crippen LogP contribution in [0.15, 0.2) is 29.3 Å². The highest BCUT2D eigenvalue weighted by molar-refractivity contribution is 7.13. The molecule has 28 heavy (non-hydrogen) atoms. The lowest BCUT2D eigenvalue weighted by Crippen LogP contribution is -2.39. The molecule has 0 amide bonds. The number of guanidine groups is 1. The number of benzene rings is 1. The van der Waals surface area contributed by atoms with Gasteiger partial charge in [-0.3, -0.25) is 4.99 Å². The fraction of sp³-hybridized carbons (Fsp3) is 0.450. The van der Waals surface area contributed by atoms with Crippen molar-refractivity contribution in [3.63, 3.8) is 0 Å². The van der Waals surface area contributed by atoms with Gasteiger partial charge in [0.05, 0.1) is 25.5 Å². The molecular formula is C20H28N4O3S. The molecule has 1 heterocycles. The topological polar surface area (TPSA) is 84.8 Å². The predicted molar refractivity (Wildman–Crippen MR) is 112 cm³/mol. The quantitative estimate of drug-likeness (QED) is 0.400. The molecule has 0 saturated heterocycles. The first-order chi connectivity index (χ1) is 13.5. The second-order valence-electron chi connectivity index (χ2n) is 6.15. The number of aliphatic imine (C=N–C) groups is 1. The Morgan fingerprint density at radius 2 is 2.04 bits per heavy atom. The Morgan fingerprint density at radius 1 is 1.32 bits per heavy atom. The SMILES string of the molecule is CCOC(=O)c1sc(C(C)NC(=NC)NCCc2ccc(OC)cc2)nc1C. The van der Waals surface area contributed by atoms with Crippen LogP contribution in [-0.2, 0) is 11.2 Å². The number of hydrogen-bond acceptors (Lipinski definition) is 6. The first-order valence-corrected chi connectivity index (χ1v) is 10.0. The number of esters is 1. The molecule has 7 nitrogen and oxygen atoms in total. The molecule has 0 radical (unpaired) electrons. The van der Waals surface area contributed by atoms with Gasteiger partial charge < -0.3 is 20.1 Å². The van der Waals surface area contributed by atoms with E-state index in [0.717, 1.165) is 23.7 Å². The maximum atomic E-state index is 12.0. The Labute approximate surface area is 170 Å². The van der Waals surface area contributed by atoms with Gasteiger partial charge in [-0.25, -0.2) is 9.78 Å². The molecule has 1 aromatic heterocycles. The highest BCUT2D eigenvalue weighted by Gasteiger charge is 2.20. The Morgan fingerprint density at radius 3 is 2.64 bits per heavy atom. The van der Waals surface area contributed by atoms with Crippen LogP contribution in [-0.4, -0.2) is 44.2 Å². The molecule has 2 rings (SSSR count). The molecule has 1 aromatic carbocycles. The second-order valence-corrected chi connectivity index (χ2v) is 7.18. The van der Waals surface area contributed by atoms with Crippen LogP contribution in [0.5, 0.6) is 5.75 Å². The summed E-state index contributed by atoms with van der Waals surface area (Å²) in [7, 11) is 3.39. The minimum absolute atomic E-state index is 0.0842. The largest absolute Gasteiger partial charge is 0.497 e. The molecule has 152 valence electrons. The van der Waals surface area contributed by atoms with Gasteiger partial charge in [0.25, 0.3) is 0 Å². The summed E-state index contributed by atoms with van der Waals surface area (Å²) in [6, 6.07) is 7.93. The molecule has 8 heteroatoms. The molecule has 1 atom stereocenters. The van der Waals surface area contributed by atoms with Crippen molar-refractivity contribution in [1.82, 2.24) is 15.6 Å². The van der Waals surface area contributed by atoms with Crippen LogP contribution in [0.1, 0.15) is 45.8 Å². The molecule has 2 N–H and O–H groups in total. The summed E-state index contributed by atoms with van der Waals surface area (Å²) in [4.78, 5) is 21.3. The molecule has 1 unspecified atom stereocenters. The number of aromatic nitrogens is 1. The van der Waals surface area contributed by atoms with E-state index < -0.39 is 0 Å². The monoisotopic (exact) mass is 404 g/mol. The molecule has 0 aliphatic rings. The third kappa shape index (κ3) is 5.95. The van der Waals surface area contributed by atoms with Crippen LogP contribution in [0.2, 0.25) is 0 Å². The van der Waals surface area contributed by atoms with Crippen LogP contribution >= 0.6 is 11.3 Å². The van der Waals surface area contributed by atoms with Crippen LogP contribution in [0.3, 0.4) is 0 Å². The van der Waals surface area contributed by atoms with E-state index in [2.05, 4.69) is 32.7 Å². The average molecular weight is 405 g/mol. The zero-order valence-electron chi connectivity index (χ0n) is 17.0. The van der Waals surface area contributed by atoms with E-state index >= 15 is 0 Å². The zero-order valence-corrected chi connectivity index (χ0v) is 17.9. The molecule has 0 bridgehead atoms. The van der Waals surface area contributed by atoms with E-state index in [1.165, 1.54) is 16.9 Å². The molecule has 2 aromatic rings. The standard InChI is InChI=1S/C20H28N4O3S/c1-6-27-19(25)17-13(2)23-18(28-17)14(3)24-20(21-4)22-12-11-15-7-9-16(26-5)10-8-15/h7-10,14H,6,11-12H2,1-5H3,(H2,21,22,24). The highest BCUT2D eigenvalue weighted by atomic mass is 32.1. The van der Waals surface area contributed by atoms with Crippen LogP contribution < -0.4 is 15.4 Å². The van der Waals surface area contributed by atoms with Crippen molar-refractivity contribution in [2.45, 2.75) is 33.2 Å². The van der Waals surface area contributed by atoms with E-state index in [9.17, 15) is 4.79 Å². The van der Waals surface area contributed by atoms with Crippen molar-refractivity contribution in [1.29, 1.82) is 0 Å². The first-order valence-electron chi connectivity index (χ1n) is 9.23. The van der Waals surface area contributed by atoms with E-state index in [1.54, 1.807) is 21.1 Å². The smallest absolute Gasteiger partial charge is 0.350 e. The molecule has 0 spiro atoms. The van der Waals surface area contributed by atoms with Gasteiger partial charge >= 0.3 is 5.97 Å². The van der Waals surface area contributed by atoms with E-state index in [1.807, 2.05) is 26.0 Å². The number of hydrogen-bond donors (Lipinski definition) is 2. The van der Waals surface area contributed by atoms with Gasteiger partial charge in [0.1, 0.15) is 15.6 Å². The van der Waals surface area contributed by atoms with E-state index in [4.69, 9.17) is 9.47 Å². The fourth-order valence-corrected chi connectivity index (χ4v) is 3.53. The molecular weight excluding hydrogens is 376 g/mol. The third-order valence-corrected chi connectivity index (χ3v) is 5.41. The van der Waals surface area contributed by atoms with Gasteiger partial charge in [-0.1, -0.05) is 12.1 Å². The van der Waals surface area contributed by atoms with E-state index in [0.29, 0.717) is 23.1 Å². The van der Waals surface area contributed by atoms with Gasteiger partial charge in [-0.2, -0.15) is 0 Å². The van der Waals surface area contributed by atoms with Gasteiger partial charge in [-0.05, 0) is 44.9 Å². The number of nitrogens with one attached hydrogen (secondary N) is 2. The number of ether oxygens (including phenoxy) is 2. The van der Waals surface area contributed by atoms with Gasteiger partial charge in [-0.15, -0.1) is 11.3 Å². The first kappa shape index (κ1) is 21.7. The lowest BCUT2D eigenvalue weighted by molar-refractivity contribution is 0.0531. The Hall–Kier alpha value is -2.61. The second kappa shape index (κ2) is 10.7. The summed E-state index contributed by atoms with van der Waals surface area (Å²) in [6.45, 7) is 6.69. The third-order valence-electron chi connectivity index (χ3n) is 4.09. The van der Waals surface area contributed by atoms with Crippen molar-refractivity contribution < 1.29 is 14.3 Å². The van der Waals surface area contributed by atoms with Crippen molar-refractivity contribution in [2.75, 3.05) is 27.3 Å². The van der Waals surface area contributed by atoms with Crippen LogP contribution in [0.4, 0.5) is 0 Å². The van der Waals surface area contributed by atoms with Crippen molar-refractivity contribution in [2.24, 2.45) is 4.99 Å². The Kier molecular flexibility index (Phi) is 8.25. The van der Waals surface area contributed by atoms with Crippen molar-refractivity contribution >= 4 is 23.3 Å². The molecule has 0 aliphatic heterocycles. The summed E-state index contributed by atoms with van der Waals surface area (Å²) in [6.07, 6.45) is 0.864. The van der Waals surface area contributed by atoms with Gasteiger partial charge in [0.15, 0.2) is 5.96 Å². The van der Waals surface area contributed by atoms with Crippen molar-refractivity contribution in [3.8, 4) is 5.75 Å². The molecule has 0 fully saturated rings. The number of aryl methyl sites for hydroxylation is 1. The number of methoxy groups -OCH3 is 1. The lowest BCUT2D eigenvalue weighted by atomic mass is 10.1. The average Bonchev–Trinajstić information content (AvgIpc) is 3.09. The predicted octanol–water partition coefficient (Wildman–Crippen LogP) is 3.11. The zero-order chi connectivity index (χ0) is 20.5. The number of carbonyl (C=O) groups excluding carboxylic acids is 1. The van der Waals surface area contributed by atoms with Crippen molar-refractivity contribution in [3.05, 3.63) is 45.4 Å². The highest BCUT2D eigenvalue weighted by Crippen LogP contribution is 2.24. The van der Waals surface area contributed by atoms with Gasteiger partial charge in [0.2, 0.25) is 0 Å². The fourth-order valence-electron chi connectivity index (χ4n) is 2.57. The minimum Gasteiger partial charge on any atom is -0.497 e. The maximum Gasteiger partial charge on any atom is 0.350 e. The summed E-state index contributed by atoms with van der Waals surface area (Å²) in [5.41, 5.74) is 1.90. The number of carbonyl (C=O) groups is 1. The summed E-state index contributed by atoms with van der Waals surface area (Å²) < 4.78 is 10.3. The van der Waals surface area contributed by atoms with Crippen LogP contribution in [0.25, 0.3) is 0 Å². The molecule has 0 aliphatic carbocycles.